The maximum atomic E-state index is 12.1. The molecular weight excluding hydrogens is 280 g/mol. The molecule has 1 aromatic rings. The first-order chi connectivity index (χ1) is 10.5. The van der Waals surface area contributed by atoms with Crippen LogP contribution in [0.25, 0.3) is 0 Å². The summed E-state index contributed by atoms with van der Waals surface area (Å²) >= 11 is 0. The molecule has 1 heterocycles. The number of carbonyl (C=O) groups is 2. The number of hydrogen-bond donors (Lipinski definition) is 2. The van der Waals surface area contributed by atoms with Crippen molar-refractivity contribution in [1.29, 1.82) is 0 Å². The lowest BCUT2D eigenvalue weighted by molar-refractivity contribution is -0.904. The topological polar surface area (TPSA) is 59.8 Å². The van der Waals surface area contributed by atoms with Crippen molar-refractivity contribution in [2.24, 2.45) is 11.8 Å². The average molecular weight is 305 g/mol. The van der Waals surface area contributed by atoms with Gasteiger partial charge in [-0.3, -0.25) is 4.79 Å². The second-order valence-electron chi connectivity index (χ2n) is 6.40. The van der Waals surface area contributed by atoms with Gasteiger partial charge in [0.25, 0.3) is 5.91 Å². The quantitative estimate of drug-likeness (QED) is 0.815. The van der Waals surface area contributed by atoms with Gasteiger partial charge < -0.3 is 15.0 Å². The minimum Gasteiger partial charge on any atom is -0.465 e. The molecule has 1 aromatic carbocycles. The maximum absolute atomic E-state index is 12.1. The predicted molar refractivity (Wildman–Crippen MR) is 84.9 cm³/mol. The first kappa shape index (κ1) is 16.5. The molecule has 5 nitrogen and oxygen atoms in total. The highest BCUT2D eigenvalue weighted by molar-refractivity contribution is 5.93. The SMILES string of the molecule is COC(=O)c1ccc(NC(=O)C[NH+]2C[C@@H](C)C[C@H](C)C2)cc1. The molecule has 1 aliphatic heterocycles. The number of benzene rings is 1. The van der Waals surface area contributed by atoms with E-state index in [4.69, 9.17) is 0 Å². The van der Waals surface area contributed by atoms with Gasteiger partial charge in [-0.1, -0.05) is 13.8 Å². The zero-order valence-electron chi connectivity index (χ0n) is 13.5. The van der Waals surface area contributed by atoms with E-state index in [0.29, 0.717) is 29.6 Å². The molecule has 0 spiro atoms. The number of methoxy groups -OCH3 is 1. The molecule has 120 valence electrons. The number of anilines is 1. The molecule has 5 heteroatoms. The van der Waals surface area contributed by atoms with Gasteiger partial charge in [0.05, 0.1) is 25.8 Å². The largest absolute Gasteiger partial charge is 0.465 e. The average Bonchev–Trinajstić information content (AvgIpc) is 2.46. The van der Waals surface area contributed by atoms with E-state index in [2.05, 4.69) is 23.9 Å². The number of hydrogen-bond acceptors (Lipinski definition) is 3. The van der Waals surface area contributed by atoms with E-state index in [1.807, 2.05) is 0 Å². The van der Waals surface area contributed by atoms with Crippen molar-refractivity contribution in [3.63, 3.8) is 0 Å². The number of ether oxygens (including phenoxy) is 1. The monoisotopic (exact) mass is 305 g/mol. The number of nitrogens with one attached hydrogen (secondary N) is 2. The third-order valence-electron chi connectivity index (χ3n) is 4.08. The molecule has 0 radical (unpaired) electrons. The van der Waals surface area contributed by atoms with E-state index in [9.17, 15) is 9.59 Å². The van der Waals surface area contributed by atoms with Crippen LogP contribution in [-0.4, -0.2) is 38.6 Å². The number of likely N-dealkylation sites (tertiary alicyclic amines) is 1. The summed E-state index contributed by atoms with van der Waals surface area (Å²) in [5.41, 5.74) is 1.18. The molecule has 1 fully saturated rings. The van der Waals surface area contributed by atoms with Crippen LogP contribution in [0.5, 0.6) is 0 Å². The van der Waals surface area contributed by atoms with E-state index in [-0.39, 0.29) is 11.9 Å². The molecule has 1 aliphatic rings. The highest BCUT2D eigenvalue weighted by Crippen LogP contribution is 2.12. The molecule has 0 unspecified atom stereocenters. The normalized spacial score (nSPS) is 24.6. The van der Waals surface area contributed by atoms with Gasteiger partial charge in [0.15, 0.2) is 6.54 Å². The van der Waals surface area contributed by atoms with Crippen molar-refractivity contribution in [2.45, 2.75) is 20.3 Å². The van der Waals surface area contributed by atoms with E-state index in [0.717, 1.165) is 13.1 Å². The smallest absolute Gasteiger partial charge is 0.337 e. The van der Waals surface area contributed by atoms with Crippen LogP contribution < -0.4 is 10.2 Å². The third kappa shape index (κ3) is 4.56. The number of rotatable bonds is 4. The van der Waals surface area contributed by atoms with Crippen LogP contribution in [0.4, 0.5) is 5.69 Å². The first-order valence-electron chi connectivity index (χ1n) is 7.79. The highest BCUT2D eigenvalue weighted by Gasteiger charge is 2.26. The Bertz CT molecular complexity index is 517. The molecule has 0 aliphatic carbocycles. The van der Waals surface area contributed by atoms with Gasteiger partial charge in [-0.25, -0.2) is 4.79 Å². The Hall–Kier alpha value is -1.88. The van der Waals surface area contributed by atoms with Gasteiger partial charge in [0, 0.05) is 17.5 Å². The van der Waals surface area contributed by atoms with Crippen LogP contribution >= 0.6 is 0 Å². The number of esters is 1. The van der Waals surface area contributed by atoms with Crippen molar-refractivity contribution in [2.75, 3.05) is 32.1 Å². The van der Waals surface area contributed by atoms with Crippen LogP contribution in [0.15, 0.2) is 24.3 Å². The molecule has 0 bridgehead atoms. The summed E-state index contributed by atoms with van der Waals surface area (Å²) in [6, 6.07) is 6.75. The van der Waals surface area contributed by atoms with Crippen LogP contribution in [-0.2, 0) is 9.53 Å². The second kappa shape index (κ2) is 7.40. The Morgan fingerprint density at radius 3 is 2.32 bits per heavy atom. The predicted octanol–water partition coefficient (Wildman–Crippen LogP) is 0.972. The van der Waals surface area contributed by atoms with Crippen molar-refractivity contribution in [3.05, 3.63) is 29.8 Å². The van der Waals surface area contributed by atoms with Crippen LogP contribution in [0, 0.1) is 11.8 Å². The molecular formula is C17H25N2O3+. The minimum atomic E-state index is -0.376. The molecule has 0 saturated carbocycles. The second-order valence-corrected chi connectivity index (χ2v) is 6.40. The van der Waals surface area contributed by atoms with Crippen molar-refractivity contribution in [3.8, 4) is 0 Å². The van der Waals surface area contributed by atoms with Gasteiger partial charge in [-0.2, -0.15) is 0 Å². The van der Waals surface area contributed by atoms with Gasteiger partial charge in [0.2, 0.25) is 0 Å². The summed E-state index contributed by atoms with van der Waals surface area (Å²) in [5.74, 6) is 0.984. The Labute approximate surface area is 131 Å². The Balaban J connectivity index is 1.87. The summed E-state index contributed by atoms with van der Waals surface area (Å²) < 4.78 is 4.65. The van der Waals surface area contributed by atoms with Crippen LogP contribution in [0.2, 0.25) is 0 Å². The van der Waals surface area contributed by atoms with Crippen molar-refractivity contribution >= 4 is 17.6 Å². The fourth-order valence-corrected chi connectivity index (χ4v) is 3.31. The number of quaternary nitrogens is 1. The zero-order chi connectivity index (χ0) is 16.1. The summed E-state index contributed by atoms with van der Waals surface area (Å²) in [6.45, 7) is 7.10. The molecule has 1 saturated heterocycles. The number of amides is 1. The Morgan fingerprint density at radius 1 is 1.18 bits per heavy atom. The van der Waals surface area contributed by atoms with Crippen LogP contribution in [0.1, 0.15) is 30.6 Å². The number of carbonyl (C=O) groups excluding carboxylic acids is 2. The summed E-state index contributed by atoms with van der Waals surface area (Å²) in [7, 11) is 1.35. The van der Waals surface area contributed by atoms with Gasteiger partial charge in [-0.05, 0) is 30.7 Å². The fourth-order valence-electron chi connectivity index (χ4n) is 3.31. The Morgan fingerprint density at radius 2 is 1.77 bits per heavy atom. The van der Waals surface area contributed by atoms with E-state index >= 15 is 0 Å². The van der Waals surface area contributed by atoms with E-state index < -0.39 is 0 Å². The number of piperidine rings is 1. The third-order valence-corrected chi connectivity index (χ3v) is 4.08. The lowest BCUT2D eigenvalue weighted by Crippen LogP contribution is -3.15. The summed E-state index contributed by atoms with van der Waals surface area (Å²) in [5, 5.41) is 2.89. The van der Waals surface area contributed by atoms with Gasteiger partial charge >= 0.3 is 5.97 Å². The van der Waals surface area contributed by atoms with E-state index in [1.165, 1.54) is 18.4 Å². The van der Waals surface area contributed by atoms with Gasteiger partial charge in [0.1, 0.15) is 0 Å². The lowest BCUT2D eigenvalue weighted by Gasteiger charge is -2.31. The Kier molecular flexibility index (Phi) is 5.55. The standard InChI is InChI=1S/C17H24N2O3/c1-12-8-13(2)10-19(9-12)11-16(20)18-15-6-4-14(5-7-15)17(21)22-3/h4-7,12-13H,8-11H2,1-3H3,(H,18,20)/p+1/t12-,13-/m0/s1. The molecule has 2 N–H and O–H groups in total. The molecule has 2 rings (SSSR count). The zero-order valence-corrected chi connectivity index (χ0v) is 13.5. The van der Waals surface area contributed by atoms with Crippen molar-refractivity contribution < 1.29 is 19.2 Å². The van der Waals surface area contributed by atoms with Crippen LogP contribution in [0.3, 0.4) is 0 Å². The summed E-state index contributed by atoms with van der Waals surface area (Å²) in [6.07, 6.45) is 1.25. The summed E-state index contributed by atoms with van der Waals surface area (Å²) in [4.78, 5) is 24.8. The maximum Gasteiger partial charge on any atom is 0.337 e. The highest BCUT2D eigenvalue weighted by atomic mass is 16.5. The van der Waals surface area contributed by atoms with E-state index in [1.54, 1.807) is 24.3 Å². The minimum absolute atomic E-state index is 0.0159. The fraction of sp³-hybridized carbons (Fsp3) is 0.529. The first-order valence-corrected chi connectivity index (χ1v) is 7.79. The molecule has 22 heavy (non-hydrogen) atoms. The lowest BCUT2D eigenvalue weighted by atomic mass is 9.92. The van der Waals surface area contributed by atoms with Crippen molar-refractivity contribution in [1.82, 2.24) is 0 Å². The molecule has 0 aromatic heterocycles. The van der Waals surface area contributed by atoms with Gasteiger partial charge in [-0.15, -0.1) is 0 Å². The molecule has 2 atom stereocenters. The molecule has 1 amide bonds.